The van der Waals surface area contributed by atoms with Crippen LogP contribution in [-0.2, 0) is 0 Å². The molecule has 0 amide bonds. The van der Waals surface area contributed by atoms with Crippen molar-refractivity contribution in [3.8, 4) is 0 Å². The van der Waals surface area contributed by atoms with Crippen LogP contribution >= 0.6 is 11.8 Å². The van der Waals surface area contributed by atoms with Crippen LogP contribution in [0.1, 0.15) is 12.8 Å². The standard InChI is InChI=1S/C15H21NOS/c17-14-8-12-10-16(11-13(12)9-14)6-7-18-15-4-2-1-3-5-15/h1-5,12-14,17H,6-11H2/t12-,13+,14?. The SMILES string of the molecule is OC1C[C@@H]2CN(CCSc3ccccc3)C[C@@H]2C1. The zero-order valence-electron chi connectivity index (χ0n) is 10.7. The van der Waals surface area contributed by atoms with Crippen LogP contribution in [0.25, 0.3) is 0 Å². The van der Waals surface area contributed by atoms with E-state index in [1.807, 2.05) is 11.8 Å². The Hall–Kier alpha value is -0.510. The lowest BCUT2D eigenvalue weighted by molar-refractivity contribution is 0.163. The molecule has 1 aromatic carbocycles. The highest BCUT2D eigenvalue weighted by Gasteiger charge is 2.39. The Morgan fingerprint density at radius 2 is 1.78 bits per heavy atom. The van der Waals surface area contributed by atoms with Crippen LogP contribution in [-0.4, -0.2) is 41.5 Å². The zero-order chi connectivity index (χ0) is 12.4. The number of aliphatic hydroxyl groups excluding tert-OH is 1. The van der Waals surface area contributed by atoms with Gasteiger partial charge in [0, 0.05) is 30.3 Å². The molecule has 3 heteroatoms. The molecule has 98 valence electrons. The summed E-state index contributed by atoms with van der Waals surface area (Å²) < 4.78 is 0. The van der Waals surface area contributed by atoms with Gasteiger partial charge in [0.2, 0.25) is 0 Å². The maximum atomic E-state index is 9.62. The Morgan fingerprint density at radius 1 is 1.11 bits per heavy atom. The molecule has 3 rings (SSSR count). The summed E-state index contributed by atoms with van der Waals surface area (Å²) in [5, 5.41) is 9.62. The first kappa shape index (κ1) is 12.5. The van der Waals surface area contributed by atoms with E-state index >= 15 is 0 Å². The fourth-order valence-corrected chi connectivity index (χ4v) is 4.29. The molecule has 1 saturated carbocycles. The van der Waals surface area contributed by atoms with Crippen LogP contribution in [0, 0.1) is 11.8 Å². The van der Waals surface area contributed by atoms with E-state index in [2.05, 4.69) is 35.2 Å². The molecule has 2 aliphatic rings. The van der Waals surface area contributed by atoms with Gasteiger partial charge in [0.05, 0.1) is 6.10 Å². The van der Waals surface area contributed by atoms with Gasteiger partial charge in [-0.1, -0.05) is 18.2 Å². The molecular weight excluding hydrogens is 242 g/mol. The average molecular weight is 263 g/mol. The highest BCUT2D eigenvalue weighted by atomic mass is 32.2. The lowest BCUT2D eigenvalue weighted by atomic mass is 10.0. The van der Waals surface area contributed by atoms with Gasteiger partial charge in [-0.15, -0.1) is 11.8 Å². The summed E-state index contributed by atoms with van der Waals surface area (Å²) in [6.07, 6.45) is 2.06. The van der Waals surface area contributed by atoms with Crippen molar-refractivity contribution in [2.24, 2.45) is 11.8 Å². The van der Waals surface area contributed by atoms with Crippen LogP contribution in [0.4, 0.5) is 0 Å². The molecule has 1 saturated heterocycles. The average Bonchev–Trinajstić information content (AvgIpc) is 2.87. The number of hydrogen-bond acceptors (Lipinski definition) is 3. The third kappa shape index (κ3) is 2.90. The van der Waals surface area contributed by atoms with Gasteiger partial charge in [-0.3, -0.25) is 0 Å². The fourth-order valence-electron chi connectivity index (χ4n) is 3.36. The second-order valence-electron chi connectivity index (χ2n) is 5.57. The summed E-state index contributed by atoms with van der Waals surface area (Å²) in [7, 11) is 0. The molecule has 1 aliphatic heterocycles. The van der Waals surface area contributed by atoms with Gasteiger partial charge in [0.15, 0.2) is 0 Å². The van der Waals surface area contributed by atoms with E-state index in [9.17, 15) is 5.11 Å². The summed E-state index contributed by atoms with van der Waals surface area (Å²) in [4.78, 5) is 3.95. The molecular formula is C15H21NOS. The quantitative estimate of drug-likeness (QED) is 0.844. The molecule has 0 spiro atoms. The van der Waals surface area contributed by atoms with Gasteiger partial charge in [-0.25, -0.2) is 0 Å². The lowest BCUT2D eigenvalue weighted by Gasteiger charge is -2.17. The number of rotatable bonds is 4. The van der Waals surface area contributed by atoms with Crippen LogP contribution in [0.5, 0.6) is 0 Å². The van der Waals surface area contributed by atoms with E-state index in [4.69, 9.17) is 0 Å². The summed E-state index contributed by atoms with van der Waals surface area (Å²) in [5.41, 5.74) is 0. The monoisotopic (exact) mass is 263 g/mol. The molecule has 0 radical (unpaired) electrons. The smallest absolute Gasteiger partial charge is 0.0546 e. The van der Waals surface area contributed by atoms with E-state index in [0.717, 1.165) is 24.7 Å². The molecule has 18 heavy (non-hydrogen) atoms. The minimum Gasteiger partial charge on any atom is -0.393 e. The van der Waals surface area contributed by atoms with Crippen LogP contribution in [0.2, 0.25) is 0 Å². The van der Waals surface area contributed by atoms with E-state index < -0.39 is 0 Å². The number of nitrogens with zero attached hydrogens (tertiary/aromatic N) is 1. The largest absolute Gasteiger partial charge is 0.393 e. The minimum absolute atomic E-state index is 0.0131. The summed E-state index contributed by atoms with van der Waals surface area (Å²) in [6.45, 7) is 3.59. The minimum atomic E-state index is -0.0131. The molecule has 3 atom stereocenters. The first-order valence-electron chi connectivity index (χ1n) is 6.89. The summed E-state index contributed by atoms with van der Waals surface area (Å²) in [6, 6.07) is 10.6. The molecule has 0 aromatic heterocycles. The number of aliphatic hydroxyl groups is 1. The van der Waals surface area contributed by atoms with Gasteiger partial charge < -0.3 is 10.0 Å². The molecule has 1 aromatic rings. The predicted octanol–water partition coefficient (Wildman–Crippen LogP) is 2.48. The molecule has 1 heterocycles. The van der Waals surface area contributed by atoms with E-state index in [1.54, 1.807) is 0 Å². The predicted molar refractivity (Wildman–Crippen MR) is 75.8 cm³/mol. The molecule has 1 aliphatic carbocycles. The molecule has 2 fully saturated rings. The number of thioether (sulfide) groups is 1. The third-order valence-electron chi connectivity index (χ3n) is 4.22. The van der Waals surface area contributed by atoms with E-state index in [0.29, 0.717) is 0 Å². The van der Waals surface area contributed by atoms with E-state index in [-0.39, 0.29) is 6.10 Å². The van der Waals surface area contributed by atoms with Crippen molar-refractivity contribution in [2.75, 3.05) is 25.4 Å². The Kier molecular flexibility index (Phi) is 3.92. The van der Waals surface area contributed by atoms with Crippen molar-refractivity contribution in [3.63, 3.8) is 0 Å². The van der Waals surface area contributed by atoms with Crippen molar-refractivity contribution in [1.29, 1.82) is 0 Å². The molecule has 1 unspecified atom stereocenters. The Bertz CT molecular complexity index is 369. The maximum Gasteiger partial charge on any atom is 0.0546 e. The van der Waals surface area contributed by atoms with Crippen LogP contribution in [0.15, 0.2) is 35.2 Å². The van der Waals surface area contributed by atoms with Gasteiger partial charge in [0.1, 0.15) is 0 Å². The van der Waals surface area contributed by atoms with Crippen molar-refractivity contribution in [2.45, 2.75) is 23.8 Å². The van der Waals surface area contributed by atoms with Crippen LogP contribution < -0.4 is 0 Å². The van der Waals surface area contributed by atoms with Crippen LogP contribution in [0.3, 0.4) is 0 Å². The van der Waals surface area contributed by atoms with Gasteiger partial charge >= 0.3 is 0 Å². The molecule has 1 N–H and O–H groups in total. The Labute approximate surface area is 113 Å². The fraction of sp³-hybridized carbons (Fsp3) is 0.600. The van der Waals surface area contributed by atoms with Gasteiger partial charge in [-0.05, 0) is 36.8 Å². The lowest BCUT2D eigenvalue weighted by Crippen LogP contribution is -2.25. The topological polar surface area (TPSA) is 23.5 Å². The van der Waals surface area contributed by atoms with Crippen molar-refractivity contribution in [1.82, 2.24) is 4.90 Å². The number of fused-ring (bicyclic) bond motifs is 1. The second kappa shape index (κ2) is 5.64. The van der Waals surface area contributed by atoms with Crippen molar-refractivity contribution >= 4 is 11.8 Å². The normalized spacial score (nSPS) is 31.7. The second-order valence-corrected chi connectivity index (χ2v) is 6.73. The summed E-state index contributed by atoms with van der Waals surface area (Å²) in [5.74, 6) is 2.70. The third-order valence-corrected chi connectivity index (χ3v) is 5.21. The number of hydrogen-bond donors (Lipinski definition) is 1. The highest BCUT2D eigenvalue weighted by Crippen LogP contribution is 2.38. The maximum absolute atomic E-state index is 9.62. The Balaban J connectivity index is 1.41. The Morgan fingerprint density at radius 3 is 2.44 bits per heavy atom. The highest BCUT2D eigenvalue weighted by molar-refractivity contribution is 7.99. The summed E-state index contributed by atoms with van der Waals surface area (Å²) >= 11 is 1.94. The zero-order valence-corrected chi connectivity index (χ0v) is 11.5. The van der Waals surface area contributed by atoms with E-state index in [1.165, 1.54) is 30.3 Å². The molecule has 2 nitrogen and oxygen atoms in total. The first-order chi connectivity index (χ1) is 8.81. The van der Waals surface area contributed by atoms with Crippen molar-refractivity contribution in [3.05, 3.63) is 30.3 Å². The van der Waals surface area contributed by atoms with Crippen molar-refractivity contribution < 1.29 is 5.11 Å². The number of benzene rings is 1. The molecule has 0 bridgehead atoms. The van der Waals surface area contributed by atoms with Gasteiger partial charge in [-0.2, -0.15) is 0 Å². The van der Waals surface area contributed by atoms with Gasteiger partial charge in [0.25, 0.3) is 0 Å². The first-order valence-corrected chi connectivity index (χ1v) is 7.88. The number of likely N-dealkylation sites (tertiary alicyclic amines) is 1.